The molecule has 0 atom stereocenters. The minimum Gasteiger partial charge on any atom is -0.457 e. The summed E-state index contributed by atoms with van der Waals surface area (Å²) in [5.41, 5.74) is 3.47. The monoisotopic (exact) mass is 220 g/mol. The summed E-state index contributed by atoms with van der Waals surface area (Å²) in [7, 11) is 0. The molecule has 1 aliphatic rings. The highest BCUT2D eigenvalue weighted by Gasteiger charge is 2.16. The largest absolute Gasteiger partial charge is 0.457 e. The fourth-order valence-corrected chi connectivity index (χ4v) is 2.04. The van der Waals surface area contributed by atoms with E-state index in [9.17, 15) is 0 Å². The highest BCUT2D eigenvalue weighted by molar-refractivity contribution is 5.85. The Kier molecular flexibility index (Phi) is 2.30. The van der Waals surface area contributed by atoms with Gasteiger partial charge < -0.3 is 4.74 Å². The highest BCUT2D eigenvalue weighted by Crippen LogP contribution is 2.36. The molecule has 17 heavy (non-hydrogen) atoms. The van der Waals surface area contributed by atoms with Crippen LogP contribution in [0.5, 0.6) is 5.75 Å². The van der Waals surface area contributed by atoms with E-state index in [1.807, 2.05) is 42.5 Å². The second-order valence-corrected chi connectivity index (χ2v) is 3.99. The molecule has 82 valence electrons. The zero-order valence-electron chi connectivity index (χ0n) is 9.39. The highest BCUT2D eigenvalue weighted by atomic mass is 16.5. The summed E-state index contributed by atoms with van der Waals surface area (Å²) in [5, 5.41) is 0. The minimum absolute atomic E-state index is 0.683. The second kappa shape index (κ2) is 3.95. The lowest BCUT2D eigenvalue weighted by atomic mass is 9.95. The first kappa shape index (κ1) is 9.91. The van der Waals surface area contributed by atoms with Crippen LogP contribution in [0.25, 0.3) is 5.57 Å². The van der Waals surface area contributed by atoms with Crippen molar-refractivity contribution in [2.75, 3.05) is 0 Å². The maximum Gasteiger partial charge on any atom is 0.135 e. The molecule has 0 radical (unpaired) electrons. The molecule has 0 saturated carbocycles. The summed E-state index contributed by atoms with van der Waals surface area (Å²) < 4.78 is 5.61. The first-order chi connectivity index (χ1) is 8.34. The maximum atomic E-state index is 5.61. The van der Waals surface area contributed by atoms with E-state index in [0.717, 1.165) is 16.9 Å². The average molecular weight is 220 g/mol. The molecule has 1 heterocycles. The van der Waals surface area contributed by atoms with Crippen LogP contribution in [0.4, 0.5) is 0 Å². The lowest BCUT2D eigenvalue weighted by Gasteiger charge is -2.19. The fraction of sp³-hybridized carbons (Fsp3) is 0. The van der Waals surface area contributed by atoms with E-state index in [1.165, 1.54) is 5.56 Å². The topological polar surface area (TPSA) is 9.23 Å². The third-order valence-electron chi connectivity index (χ3n) is 2.81. The summed E-state index contributed by atoms with van der Waals surface area (Å²) in [4.78, 5) is 0. The van der Waals surface area contributed by atoms with Gasteiger partial charge in [-0.3, -0.25) is 0 Å². The molecule has 0 saturated heterocycles. The Morgan fingerprint density at radius 2 is 1.53 bits per heavy atom. The fourth-order valence-electron chi connectivity index (χ4n) is 2.04. The van der Waals surface area contributed by atoms with Gasteiger partial charge in [0.25, 0.3) is 0 Å². The van der Waals surface area contributed by atoms with Crippen LogP contribution in [-0.4, -0.2) is 0 Å². The average Bonchev–Trinajstić information content (AvgIpc) is 2.39. The molecule has 1 aliphatic heterocycles. The van der Waals surface area contributed by atoms with Crippen LogP contribution >= 0.6 is 0 Å². The van der Waals surface area contributed by atoms with E-state index in [0.29, 0.717) is 5.76 Å². The van der Waals surface area contributed by atoms with E-state index < -0.39 is 0 Å². The van der Waals surface area contributed by atoms with Crippen LogP contribution in [0.15, 0.2) is 73.0 Å². The Morgan fingerprint density at radius 3 is 2.35 bits per heavy atom. The molecule has 0 aromatic heterocycles. The number of ether oxygens (including phenoxy) is 1. The van der Waals surface area contributed by atoms with Gasteiger partial charge >= 0.3 is 0 Å². The zero-order chi connectivity index (χ0) is 11.7. The minimum atomic E-state index is 0.683. The Morgan fingerprint density at radius 1 is 0.824 bits per heavy atom. The Bertz CT molecular complexity index is 594. The lowest BCUT2D eigenvalue weighted by Crippen LogP contribution is -2.02. The standard InChI is InChI=1S/C16H12O/c1-12-11-15(13-7-3-2-4-8-13)14-9-5-6-10-16(14)17-12/h2-11H,1H2. The summed E-state index contributed by atoms with van der Waals surface area (Å²) in [6, 6.07) is 18.3. The van der Waals surface area contributed by atoms with Gasteiger partial charge in [-0.15, -0.1) is 0 Å². The first-order valence-electron chi connectivity index (χ1n) is 5.58. The molecule has 0 fully saturated rings. The van der Waals surface area contributed by atoms with Crippen molar-refractivity contribution in [1.29, 1.82) is 0 Å². The number of para-hydroxylation sites is 1. The van der Waals surface area contributed by atoms with Crippen molar-refractivity contribution in [3.05, 3.63) is 84.1 Å². The van der Waals surface area contributed by atoms with Crippen molar-refractivity contribution in [3.8, 4) is 5.75 Å². The second-order valence-electron chi connectivity index (χ2n) is 3.99. The van der Waals surface area contributed by atoms with Crippen molar-refractivity contribution >= 4 is 5.57 Å². The van der Waals surface area contributed by atoms with Crippen molar-refractivity contribution in [2.24, 2.45) is 0 Å². The number of hydrogen-bond donors (Lipinski definition) is 0. The quantitative estimate of drug-likeness (QED) is 0.705. The van der Waals surface area contributed by atoms with Gasteiger partial charge in [0, 0.05) is 5.56 Å². The summed E-state index contributed by atoms with van der Waals surface area (Å²) in [5.74, 6) is 1.56. The number of allylic oxidation sites excluding steroid dienone is 1. The Balaban J connectivity index is 2.19. The van der Waals surface area contributed by atoms with Gasteiger partial charge in [0.15, 0.2) is 0 Å². The third kappa shape index (κ3) is 1.76. The van der Waals surface area contributed by atoms with Gasteiger partial charge in [-0.25, -0.2) is 0 Å². The van der Waals surface area contributed by atoms with Gasteiger partial charge in [-0.2, -0.15) is 0 Å². The predicted octanol–water partition coefficient (Wildman–Crippen LogP) is 4.02. The molecule has 0 bridgehead atoms. The smallest absolute Gasteiger partial charge is 0.135 e. The van der Waals surface area contributed by atoms with Crippen LogP contribution in [0.1, 0.15) is 11.1 Å². The summed E-state index contributed by atoms with van der Waals surface area (Å²) >= 11 is 0. The molecule has 0 spiro atoms. The van der Waals surface area contributed by atoms with E-state index in [1.54, 1.807) is 0 Å². The number of rotatable bonds is 1. The predicted molar refractivity (Wildman–Crippen MR) is 69.7 cm³/mol. The molecule has 1 nitrogen and oxygen atoms in total. The van der Waals surface area contributed by atoms with Gasteiger partial charge in [0.1, 0.15) is 11.5 Å². The number of fused-ring (bicyclic) bond motifs is 1. The third-order valence-corrected chi connectivity index (χ3v) is 2.81. The van der Waals surface area contributed by atoms with Crippen LogP contribution < -0.4 is 4.74 Å². The summed E-state index contributed by atoms with van der Waals surface area (Å²) in [6.45, 7) is 3.89. The van der Waals surface area contributed by atoms with Gasteiger partial charge in [-0.05, 0) is 23.3 Å². The lowest BCUT2D eigenvalue weighted by molar-refractivity contribution is 0.441. The van der Waals surface area contributed by atoms with Gasteiger partial charge in [0.2, 0.25) is 0 Å². The zero-order valence-corrected chi connectivity index (χ0v) is 9.39. The Hall–Kier alpha value is -2.28. The molecular weight excluding hydrogens is 208 g/mol. The molecular formula is C16H12O. The van der Waals surface area contributed by atoms with Crippen molar-refractivity contribution in [2.45, 2.75) is 0 Å². The molecule has 0 N–H and O–H groups in total. The maximum absolute atomic E-state index is 5.61. The number of benzene rings is 2. The number of hydrogen-bond acceptors (Lipinski definition) is 1. The first-order valence-corrected chi connectivity index (χ1v) is 5.58. The van der Waals surface area contributed by atoms with E-state index in [4.69, 9.17) is 4.74 Å². The SMILES string of the molecule is C=C1C=C(c2ccccc2)c2ccccc2O1. The van der Waals surface area contributed by atoms with Crippen molar-refractivity contribution in [1.82, 2.24) is 0 Å². The van der Waals surface area contributed by atoms with Crippen LogP contribution in [0.3, 0.4) is 0 Å². The molecule has 0 unspecified atom stereocenters. The normalized spacial score (nSPS) is 13.6. The molecule has 2 aromatic carbocycles. The molecule has 0 amide bonds. The van der Waals surface area contributed by atoms with Gasteiger partial charge in [0.05, 0.1) is 0 Å². The molecule has 0 aliphatic carbocycles. The van der Waals surface area contributed by atoms with Crippen molar-refractivity contribution in [3.63, 3.8) is 0 Å². The summed E-state index contributed by atoms with van der Waals surface area (Å²) in [6.07, 6.45) is 1.98. The van der Waals surface area contributed by atoms with E-state index >= 15 is 0 Å². The van der Waals surface area contributed by atoms with Gasteiger partial charge in [-0.1, -0.05) is 55.1 Å². The Labute approximate surface area is 101 Å². The van der Waals surface area contributed by atoms with E-state index in [-0.39, 0.29) is 0 Å². The molecule has 3 rings (SSSR count). The van der Waals surface area contributed by atoms with Crippen LogP contribution in [0.2, 0.25) is 0 Å². The van der Waals surface area contributed by atoms with Crippen LogP contribution in [-0.2, 0) is 0 Å². The van der Waals surface area contributed by atoms with E-state index in [2.05, 4.69) is 24.8 Å². The van der Waals surface area contributed by atoms with Crippen molar-refractivity contribution < 1.29 is 4.74 Å². The molecule has 1 heteroatoms. The van der Waals surface area contributed by atoms with Crippen LogP contribution in [0, 0.1) is 0 Å². The molecule has 2 aromatic rings.